The lowest BCUT2D eigenvalue weighted by Gasteiger charge is -2.17. The fraction of sp³-hybridized carbons (Fsp3) is 0.368. The smallest absolute Gasteiger partial charge is 0.256 e. The van der Waals surface area contributed by atoms with Crippen molar-refractivity contribution in [3.05, 3.63) is 59.5 Å². The number of halogens is 1. The van der Waals surface area contributed by atoms with Crippen LogP contribution in [0.2, 0.25) is 0 Å². The summed E-state index contributed by atoms with van der Waals surface area (Å²) in [7, 11) is 0. The molecule has 0 aliphatic carbocycles. The van der Waals surface area contributed by atoms with Gasteiger partial charge in [-0.1, -0.05) is 18.2 Å². The van der Waals surface area contributed by atoms with Crippen molar-refractivity contribution in [2.24, 2.45) is 0 Å². The number of ether oxygens (including phenoxy) is 2. The molecule has 0 saturated carbocycles. The molecule has 1 saturated heterocycles. The van der Waals surface area contributed by atoms with Crippen molar-refractivity contribution in [2.75, 3.05) is 13.2 Å². The van der Waals surface area contributed by atoms with Crippen molar-refractivity contribution < 1.29 is 18.7 Å². The molecule has 1 aliphatic heterocycles. The zero-order chi connectivity index (χ0) is 17.5. The van der Waals surface area contributed by atoms with Crippen LogP contribution in [0, 0.1) is 5.82 Å². The van der Waals surface area contributed by atoms with Gasteiger partial charge in [-0.25, -0.2) is 9.37 Å². The van der Waals surface area contributed by atoms with E-state index in [1.165, 1.54) is 6.07 Å². The number of aromatic nitrogens is 1. The zero-order valence-corrected chi connectivity index (χ0v) is 13.9. The Balaban J connectivity index is 1.67. The van der Waals surface area contributed by atoms with Gasteiger partial charge in [-0.3, -0.25) is 4.79 Å². The van der Waals surface area contributed by atoms with Crippen LogP contribution in [0.1, 0.15) is 35.2 Å². The van der Waals surface area contributed by atoms with E-state index in [-0.39, 0.29) is 30.3 Å². The Morgan fingerprint density at radius 2 is 2.12 bits per heavy atom. The first-order valence-electron chi connectivity index (χ1n) is 8.44. The van der Waals surface area contributed by atoms with E-state index in [9.17, 15) is 9.18 Å². The van der Waals surface area contributed by atoms with Crippen LogP contribution < -0.4 is 10.1 Å². The summed E-state index contributed by atoms with van der Waals surface area (Å²) in [5.41, 5.74) is 0.768. The van der Waals surface area contributed by atoms with Gasteiger partial charge >= 0.3 is 0 Å². The molecule has 1 aromatic heterocycles. The van der Waals surface area contributed by atoms with Gasteiger partial charge in [0.2, 0.25) is 5.88 Å². The third-order valence-electron chi connectivity index (χ3n) is 4.13. The summed E-state index contributed by atoms with van der Waals surface area (Å²) >= 11 is 0. The van der Waals surface area contributed by atoms with Gasteiger partial charge in [-0.05, 0) is 37.5 Å². The van der Waals surface area contributed by atoms with E-state index in [0.29, 0.717) is 17.7 Å². The van der Waals surface area contributed by atoms with Crippen molar-refractivity contribution in [1.82, 2.24) is 10.3 Å². The predicted octanol–water partition coefficient (Wildman–Crippen LogP) is 3.10. The molecule has 1 aromatic carbocycles. The van der Waals surface area contributed by atoms with Crippen LogP contribution in [-0.2, 0) is 11.3 Å². The molecular formula is C19H21FN2O3. The average molecular weight is 344 g/mol. The lowest BCUT2D eigenvalue weighted by molar-refractivity contribution is 0.0924. The van der Waals surface area contributed by atoms with E-state index in [4.69, 9.17) is 9.47 Å². The standard InChI is InChI=1S/C19H21FN2O3/c20-17-8-2-1-5-14(17)13-25-19-16(7-3-10-21-19)18(23)22-15-6-4-11-24-12-9-15/h1-3,5,7-8,10,15H,4,6,9,11-13H2,(H,22,23). The first-order valence-corrected chi connectivity index (χ1v) is 8.44. The van der Waals surface area contributed by atoms with Gasteiger partial charge in [0.15, 0.2) is 0 Å². The summed E-state index contributed by atoms with van der Waals surface area (Å²) in [4.78, 5) is 16.7. The molecule has 0 spiro atoms. The highest BCUT2D eigenvalue weighted by Crippen LogP contribution is 2.18. The van der Waals surface area contributed by atoms with Gasteiger partial charge in [0.05, 0.1) is 0 Å². The quantitative estimate of drug-likeness (QED) is 0.905. The maximum atomic E-state index is 13.7. The van der Waals surface area contributed by atoms with E-state index < -0.39 is 0 Å². The molecule has 2 aromatic rings. The summed E-state index contributed by atoms with van der Waals surface area (Å²) in [6.07, 6.45) is 4.15. The largest absolute Gasteiger partial charge is 0.472 e. The Bertz CT molecular complexity index is 715. The monoisotopic (exact) mass is 344 g/mol. The average Bonchev–Trinajstić information content (AvgIpc) is 2.90. The number of rotatable bonds is 5. The minimum Gasteiger partial charge on any atom is -0.472 e. The number of nitrogens with zero attached hydrogens (tertiary/aromatic N) is 1. The van der Waals surface area contributed by atoms with E-state index in [1.54, 1.807) is 36.5 Å². The van der Waals surface area contributed by atoms with Gasteiger partial charge < -0.3 is 14.8 Å². The third kappa shape index (κ3) is 4.76. The molecule has 1 N–H and O–H groups in total. The normalized spacial score (nSPS) is 17.6. The Kier molecular flexibility index (Phi) is 5.95. The van der Waals surface area contributed by atoms with Crippen LogP contribution in [0.3, 0.4) is 0 Å². The zero-order valence-electron chi connectivity index (χ0n) is 13.9. The second-order valence-electron chi connectivity index (χ2n) is 5.95. The summed E-state index contributed by atoms with van der Waals surface area (Å²) in [5.74, 6) is -0.375. The minimum atomic E-state index is -0.345. The topological polar surface area (TPSA) is 60.5 Å². The molecule has 1 unspecified atom stereocenters. The molecular weight excluding hydrogens is 323 g/mol. The third-order valence-corrected chi connectivity index (χ3v) is 4.13. The Morgan fingerprint density at radius 1 is 1.24 bits per heavy atom. The number of pyridine rings is 1. The number of carbonyl (C=O) groups is 1. The van der Waals surface area contributed by atoms with Crippen LogP contribution in [0.15, 0.2) is 42.6 Å². The van der Waals surface area contributed by atoms with Crippen LogP contribution in [-0.4, -0.2) is 30.1 Å². The van der Waals surface area contributed by atoms with E-state index >= 15 is 0 Å². The molecule has 1 aliphatic rings. The number of benzene rings is 1. The Hall–Kier alpha value is -2.47. The van der Waals surface area contributed by atoms with Crippen LogP contribution in [0.4, 0.5) is 4.39 Å². The molecule has 3 rings (SSSR count). The van der Waals surface area contributed by atoms with Gasteiger partial charge in [0, 0.05) is 31.0 Å². The van der Waals surface area contributed by atoms with Crippen molar-refractivity contribution in [3.63, 3.8) is 0 Å². The molecule has 0 radical (unpaired) electrons. The summed E-state index contributed by atoms with van der Waals surface area (Å²) in [6, 6.07) is 9.79. The first-order chi connectivity index (χ1) is 12.2. The highest BCUT2D eigenvalue weighted by atomic mass is 19.1. The fourth-order valence-corrected chi connectivity index (χ4v) is 2.75. The molecule has 5 nitrogen and oxygen atoms in total. The second kappa shape index (κ2) is 8.58. The number of hydrogen-bond acceptors (Lipinski definition) is 4. The highest BCUT2D eigenvalue weighted by Gasteiger charge is 2.19. The fourth-order valence-electron chi connectivity index (χ4n) is 2.75. The number of hydrogen-bond donors (Lipinski definition) is 1. The van der Waals surface area contributed by atoms with Gasteiger partial charge in [0.1, 0.15) is 18.0 Å². The first kappa shape index (κ1) is 17.4. The van der Waals surface area contributed by atoms with Crippen LogP contribution in [0.5, 0.6) is 5.88 Å². The lowest BCUT2D eigenvalue weighted by Crippen LogP contribution is -2.35. The predicted molar refractivity (Wildman–Crippen MR) is 90.9 cm³/mol. The molecule has 1 atom stereocenters. The molecule has 6 heteroatoms. The maximum Gasteiger partial charge on any atom is 0.256 e. The van der Waals surface area contributed by atoms with Crippen molar-refractivity contribution in [3.8, 4) is 5.88 Å². The number of nitrogens with one attached hydrogen (secondary N) is 1. The number of carbonyl (C=O) groups excluding carboxylic acids is 1. The second-order valence-corrected chi connectivity index (χ2v) is 5.95. The van der Waals surface area contributed by atoms with Gasteiger partial charge in [-0.2, -0.15) is 0 Å². The molecule has 1 amide bonds. The Morgan fingerprint density at radius 3 is 3.00 bits per heavy atom. The summed E-state index contributed by atoms with van der Waals surface area (Å²) in [5, 5.41) is 3.01. The van der Waals surface area contributed by atoms with Crippen molar-refractivity contribution >= 4 is 5.91 Å². The van der Waals surface area contributed by atoms with Crippen LogP contribution in [0.25, 0.3) is 0 Å². The maximum absolute atomic E-state index is 13.7. The summed E-state index contributed by atoms with van der Waals surface area (Å²) in [6.45, 7) is 1.39. The lowest BCUT2D eigenvalue weighted by atomic mass is 10.1. The van der Waals surface area contributed by atoms with Crippen molar-refractivity contribution in [1.29, 1.82) is 0 Å². The SMILES string of the molecule is O=C(NC1CCCOCC1)c1cccnc1OCc1ccccc1F. The van der Waals surface area contributed by atoms with Crippen LogP contribution >= 0.6 is 0 Å². The van der Waals surface area contributed by atoms with Gasteiger partial charge in [0.25, 0.3) is 5.91 Å². The van der Waals surface area contributed by atoms with Crippen molar-refractivity contribution in [2.45, 2.75) is 31.9 Å². The van der Waals surface area contributed by atoms with E-state index in [1.807, 2.05) is 0 Å². The molecule has 1 fully saturated rings. The van der Waals surface area contributed by atoms with Gasteiger partial charge in [-0.15, -0.1) is 0 Å². The molecule has 132 valence electrons. The molecule has 0 bridgehead atoms. The summed E-state index contributed by atoms with van der Waals surface area (Å²) < 4.78 is 24.7. The highest BCUT2D eigenvalue weighted by molar-refractivity contribution is 5.96. The molecule has 2 heterocycles. The Labute approximate surface area is 146 Å². The molecule has 25 heavy (non-hydrogen) atoms. The van der Waals surface area contributed by atoms with E-state index in [0.717, 1.165) is 25.9 Å². The van der Waals surface area contributed by atoms with E-state index in [2.05, 4.69) is 10.3 Å². The minimum absolute atomic E-state index is 0.0151. The number of amides is 1.